The fourth-order valence-electron chi connectivity index (χ4n) is 1.55. The minimum absolute atomic E-state index is 0.287. The molecule has 17 heavy (non-hydrogen) atoms. The molecule has 0 spiro atoms. The Hall–Kier alpha value is -2.10. The van der Waals surface area contributed by atoms with E-state index >= 15 is 0 Å². The summed E-state index contributed by atoms with van der Waals surface area (Å²) in [6.45, 7) is 0.287. The van der Waals surface area contributed by atoms with Crippen LogP contribution in [0.4, 0.5) is 20.2 Å². The first-order valence-corrected chi connectivity index (χ1v) is 5.18. The molecule has 0 atom stereocenters. The molecule has 0 heterocycles. The average Bonchev–Trinajstić information content (AvgIpc) is 2.27. The highest BCUT2D eigenvalue weighted by Crippen LogP contribution is 2.17. The molecule has 0 radical (unpaired) electrons. The Bertz CT molecular complexity index is 506. The fraction of sp³-hybridized carbons (Fsp3) is 0.0769. The standard InChI is InChI=1S/C13H12F2N2/c14-10-5-11(16)7-12(6-10)17-8-9-3-1-2-4-13(9)15/h1-7,17H,8,16H2. The van der Waals surface area contributed by atoms with E-state index in [0.717, 1.165) is 0 Å². The summed E-state index contributed by atoms with van der Waals surface area (Å²) >= 11 is 0. The van der Waals surface area contributed by atoms with Crippen LogP contribution in [0.25, 0.3) is 0 Å². The van der Waals surface area contributed by atoms with Crippen molar-refractivity contribution in [3.63, 3.8) is 0 Å². The Balaban J connectivity index is 2.10. The average molecular weight is 234 g/mol. The van der Waals surface area contributed by atoms with Gasteiger partial charge < -0.3 is 11.1 Å². The molecule has 0 saturated carbocycles. The molecule has 2 nitrogen and oxygen atoms in total. The van der Waals surface area contributed by atoms with Crippen molar-refractivity contribution in [2.24, 2.45) is 0 Å². The first kappa shape index (κ1) is 11.4. The molecule has 0 aliphatic heterocycles. The maximum atomic E-state index is 13.3. The van der Waals surface area contributed by atoms with Crippen LogP contribution < -0.4 is 11.1 Å². The van der Waals surface area contributed by atoms with E-state index in [1.807, 2.05) is 0 Å². The highest BCUT2D eigenvalue weighted by Gasteiger charge is 2.02. The van der Waals surface area contributed by atoms with Crippen molar-refractivity contribution in [2.45, 2.75) is 6.54 Å². The SMILES string of the molecule is Nc1cc(F)cc(NCc2ccccc2F)c1. The van der Waals surface area contributed by atoms with Crippen molar-refractivity contribution in [3.8, 4) is 0 Å². The lowest BCUT2D eigenvalue weighted by Crippen LogP contribution is -2.02. The summed E-state index contributed by atoms with van der Waals surface area (Å²) in [4.78, 5) is 0. The molecule has 0 unspecified atom stereocenters. The molecule has 0 aliphatic carbocycles. The predicted octanol–water partition coefficient (Wildman–Crippen LogP) is 3.16. The summed E-state index contributed by atoms with van der Waals surface area (Å²) in [5.74, 6) is -0.703. The zero-order valence-corrected chi connectivity index (χ0v) is 9.08. The Labute approximate surface area is 98.1 Å². The molecule has 88 valence electrons. The van der Waals surface area contributed by atoms with Gasteiger partial charge in [-0.3, -0.25) is 0 Å². The van der Waals surface area contributed by atoms with Crippen LogP contribution in [0.5, 0.6) is 0 Å². The van der Waals surface area contributed by atoms with Crippen molar-refractivity contribution in [1.82, 2.24) is 0 Å². The molecule has 0 aliphatic rings. The first-order valence-electron chi connectivity index (χ1n) is 5.18. The van der Waals surface area contributed by atoms with E-state index in [2.05, 4.69) is 5.32 Å². The maximum Gasteiger partial charge on any atom is 0.128 e. The largest absolute Gasteiger partial charge is 0.399 e. The number of halogens is 2. The van der Waals surface area contributed by atoms with Gasteiger partial charge >= 0.3 is 0 Å². The summed E-state index contributed by atoms with van der Waals surface area (Å²) in [5, 5.41) is 2.92. The minimum Gasteiger partial charge on any atom is -0.399 e. The zero-order chi connectivity index (χ0) is 12.3. The van der Waals surface area contributed by atoms with E-state index in [1.54, 1.807) is 24.3 Å². The van der Waals surface area contributed by atoms with Crippen molar-refractivity contribution < 1.29 is 8.78 Å². The molecule has 0 saturated heterocycles. The number of hydrogen-bond donors (Lipinski definition) is 2. The van der Waals surface area contributed by atoms with Crippen LogP contribution in [-0.4, -0.2) is 0 Å². The normalized spacial score (nSPS) is 10.2. The number of hydrogen-bond acceptors (Lipinski definition) is 2. The highest BCUT2D eigenvalue weighted by atomic mass is 19.1. The van der Waals surface area contributed by atoms with Gasteiger partial charge in [0.1, 0.15) is 11.6 Å². The van der Waals surface area contributed by atoms with Crippen LogP contribution in [0, 0.1) is 11.6 Å². The molecule has 0 fully saturated rings. The molecule has 2 rings (SSSR count). The second-order valence-electron chi connectivity index (χ2n) is 3.72. The summed E-state index contributed by atoms with van der Waals surface area (Å²) < 4.78 is 26.4. The third kappa shape index (κ3) is 2.93. The summed E-state index contributed by atoms with van der Waals surface area (Å²) in [6, 6.07) is 10.6. The van der Waals surface area contributed by atoms with Gasteiger partial charge in [-0.05, 0) is 24.3 Å². The molecule has 0 bridgehead atoms. The molecule has 0 aromatic heterocycles. The minimum atomic E-state index is -0.416. The molecule has 3 N–H and O–H groups in total. The van der Waals surface area contributed by atoms with Crippen molar-refractivity contribution in [1.29, 1.82) is 0 Å². The second-order valence-corrected chi connectivity index (χ2v) is 3.72. The predicted molar refractivity (Wildman–Crippen MR) is 64.5 cm³/mol. The lowest BCUT2D eigenvalue weighted by Gasteiger charge is -2.08. The summed E-state index contributed by atoms with van der Waals surface area (Å²) in [5.41, 5.74) is 6.90. The van der Waals surface area contributed by atoms with Crippen molar-refractivity contribution >= 4 is 11.4 Å². The molecule has 2 aromatic rings. The quantitative estimate of drug-likeness (QED) is 0.800. The second kappa shape index (κ2) is 4.82. The van der Waals surface area contributed by atoms with Gasteiger partial charge in [0.05, 0.1) is 0 Å². The van der Waals surface area contributed by atoms with Gasteiger partial charge in [-0.2, -0.15) is 0 Å². The van der Waals surface area contributed by atoms with Gasteiger partial charge in [0.2, 0.25) is 0 Å². The lowest BCUT2D eigenvalue weighted by molar-refractivity contribution is 0.612. The van der Waals surface area contributed by atoms with E-state index in [0.29, 0.717) is 16.9 Å². The summed E-state index contributed by atoms with van der Waals surface area (Å²) in [6.07, 6.45) is 0. The van der Waals surface area contributed by atoms with Crippen molar-refractivity contribution in [2.75, 3.05) is 11.1 Å². The molecular weight excluding hydrogens is 222 g/mol. The van der Waals surface area contributed by atoms with Crippen LogP contribution in [0.2, 0.25) is 0 Å². The topological polar surface area (TPSA) is 38.0 Å². The maximum absolute atomic E-state index is 13.3. The smallest absolute Gasteiger partial charge is 0.128 e. The van der Waals surface area contributed by atoms with E-state index in [9.17, 15) is 8.78 Å². The van der Waals surface area contributed by atoms with Gasteiger partial charge in [0.25, 0.3) is 0 Å². The Morgan fingerprint density at radius 2 is 1.82 bits per heavy atom. The number of nitrogen functional groups attached to an aromatic ring is 1. The van der Waals surface area contributed by atoms with Crippen LogP contribution in [0.3, 0.4) is 0 Å². The highest BCUT2D eigenvalue weighted by molar-refractivity contribution is 5.54. The van der Waals surface area contributed by atoms with E-state index in [-0.39, 0.29) is 12.4 Å². The zero-order valence-electron chi connectivity index (χ0n) is 9.08. The summed E-state index contributed by atoms with van der Waals surface area (Å²) in [7, 11) is 0. The monoisotopic (exact) mass is 234 g/mol. The van der Waals surface area contributed by atoms with E-state index < -0.39 is 5.82 Å². The molecule has 4 heteroatoms. The van der Waals surface area contributed by atoms with Crippen LogP contribution in [0.1, 0.15) is 5.56 Å². The number of benzene rings is 2. The third-order valence-electron chi connectivity index (χ3n) is 2.36. The molecule has 2 aromatic carbocycles. The van der Waals surface area contributed by atoms with Crippen molar-refractivity contribution in [3.05, 3.63) is 59.7 Å². The van der Waals surface area contributed by atoms with E-state index in [4.69, 9.17) is 5.73 Å². The number of nitrogens with one attached hydrogen (secondary N) is 1. The number of nitrogens with two attached hydrogens (primary N) is 1. The van der Waals surface area contributed by atoms with Gasteiger partial charge in [-0.15, -0.1) is 0 Å². The van der Waals surface area contributed by atoms with Crippen LogP contribution in [0.15, 0.2) is 42.5 Å². The van der Waals surface area contributed by atoms with Gasteiger partial charge in [0, 0.05) is 23.5 Å². The van der Waals surface area contributed by atoms with Gasteiger partial charge in [-0.1, -0.05) is 18.2 Å². The first-order chi connectivity index (χ1) is 8.15. The molecular formula is C13H12F2N2. The Kier molecular flexibility index (Phi) is 3.23. The Morgan fingerprint density at radius 3 is 2.53 bits per heavy atom. The van der Waals surface area contributed by atoms with Gasteiger partial charge in [-0.25, -0.2) is 8.78 Å². The third-order valence-corrected chi connectivity index (χ3v) is 2.36. The lowest BCUT2D eigenvalue weighted by atomic mass is 10.2. The number of rotatable bonds is 3. The Morgan fingerprint density at radius 1 is 1.06 bits per heavy atom. The van der Waals surface area contributed by atoms with Gasteiger partial charge in [0.15, 0.2) is 0 Å². The van der Waals surface area contributed by atoms with E-state index in [1.165, 1.54) is 18.2 Å². The fourth-order valence-corrected chi connectivity index (χ4v) is 1.55. The number of anilines is 2. The van der Waals surface area contributed by atoms with Crippen LogP contribution >= 0.6 is 0 Å². The van der Waals surface area contributed by atoms with Crippen LogP contribution in [-0.2, 0) is 6.54 Å². The molecule has 0 amide bonds.